The van der Waals surface area contributed by atoms with Gasteiger partial charge in [0.1, 0.15) is 15.6 Å². The predicted molar refractivity (Wildman–Crippen MR) is 68.2 cm³/mol. The van der Waals surface area contributed by atoms with Crippen LogP contribution in [-0.4, -0.2) is 29.7 Å². The van der Waals surface area contributed by atoms with Crippen molar-refractivity contribution in [2.75, 3.05) is 5.73 Å². The van der Waals surface area contributed by atoms with Crippen LogP contribution in [0.4, 0.5) is 5.95 Å². The Bertz CT molecular complexity index is 714. The lowest BCUT2D eigenvalue weighted by molar-refractivity contribution is 0.692. The summed E-state index contributed by atoms with van der Waals surface area (Å²) in [5, 5.41) is 6.03. The van der Waals surface area contributed by atoms with E-state index in [4.69, 9.17) is 5.73 Å². The topological polar surface area (TPSA) is 98.3 Å². The summed E-state index contributed by atoms with van der Waals surface area (Å²) in [6.45, 7) is 1.95. The molecule has 8 heteroatoms. The summed E-state index contributed by atoms with van der Waals surface area (Å²) < 4.78 is 1.81. The molecule has 0 fully saturated rings. The Morgan fingerprint density at radius 2 is 2.22 bits per heavy atom. The highest BCUT2D eigenvalue weighted by atomic mass is 32.2. The van der Waals surface area contributed by atoms with Crippen LogP contribution in [0.15, 0.2) is 22.4 Å². The van der Waals surface area contributed by atoms with Crippen molar-refractivity contribution in [2.45, 2.75) is 17.0 Å². The highest BCUT2D eigenvalue weighted by Gasteiger charge is 2.12. The van der Waals surface area contributed by atoms with E-state index in [9.17, 15) is 0 Å². The minimum absolute atomic E-state index is 0.219. The second-order valence-electron chi connectivity index (χ2n) is 3.84. The van der Waals surface area contributed by atoms with Gasteiger partial charge in [-0.25, -0.2) is 9.97 Å². The molecule has 3 N–H and O–H groups in total. The number of imidazole rings is 1. The molecule has 0 aliphatic heterocycles. The standard InChI is InChI=1S/C10H11N7S/c1-5-3-6(17(2)16-5)18-9-7-8(13-4-12-7)14-10(11)15-9/h3-4H,1-2H3,(H3,11,12,13,14,15). The molecule has 18 heavy (non-hydrogen) atoms. The van der Waals surface area contributed by atoms with Gasteiger partial charge >= 0.3 is 0 Å². The van der Waals surface area contributed by atoms with Crippen molar-refractivity contribution in [2.24, 2.45) is 7.05 Å². The van der Waals surface area contributed by atoms with Gasteiger partial charge in [0.25, 0.3) is 0 Å². The normalized spacial score (nSPS) is 11.2. The van der Waals surface area contributed by atoms with E-state index in [1.807, 2.05) is 20.0 Å². The number of aromatic nitrogens is 6. The van der Waals surface area contributed by atoms with Crippen LogP contribution in [0, 0.1) is 6.92 Å². The first-order valence-corrected chi connectivity index (χ1v) is 6.10. The zero-order valence-corrected chi connectivity index (χ0v) is 10.7. The van der Waals surface area contributed by atoms with Gasteiger partial charge in [-0.2, -0.15) is 10.1 Å². The van der Waals surface area contributed by atoms with Crippen LogP contribution >= 0.6 is 11.8 Å². The molecule has 0 atom stereocenters. The van der Waals surface area contributed by atoms with E-state index in [2.05, 4.69) is 25.0 Å². The minimum Gasteiger partial charge on any atom is -0.368 e. The molecule has 3 aromatic rings. The number of fused-ring (bicyclic) bond motifs is 1. The highest BCUT2D eigenvalue weighted by Crippen LogP contribution is 2.30. The largest absolute Gasteiger partial charge is 0.368 e. The summed E-state index contributed by atoms with van der Waals surface area (Å²) >= 11 is 1.48. The molecule has 3 aromatic heterocycles. The fourth-order valence-electron chi connectivity index (χ4n) is 1.68. The van der Waals surface area contributed by atoms with E-state index in [0.29, 0.717) is 5.65 Å². The summed E-state index contributed by atoms with van der Waals surface area (Å²) in [5.74, 6) is 0.219. The first-order chi connectivity index (χ1) is 8.63. The Balaban J connectivity index is 2.09. The number of rotatable bonds is 2. The van der Waals surface area contributed by atoms with Crippen molar-refractivity contribution < 1.29 is 0 Å². The van der Waals surface area contributed by atoms with Crippen LogP contribution in [0.3, 0.4) is 0 Å². The molecule has 0 aliphatic carbocycles. The third-order valence-electron chi connectivity index (χ3n) is 2.43. The van der Waals surface area contributed by atoms with Gasteiger partial charge in [0.05, 0.1) is 12.0 Å². The van der Waals surface area contributed by atoms with Crippen LogP contribution in [-0.2, 0) is 7.05 Å². The van der Waals surface area contributed by atoms with E-state index in [-0.39, 0.29) is 5.95 Å². The molecule has 0 amide bonds. The van der Waals surface area contributed by atoms with E-state index in [1.54, 1.807) is 11.0 Å². The summed E-state index contributed by atoms with van der Waals surface area (Å²) in [7, 11) is 1.89. The lowest BCUT2D eigenvalue weighted by Crippen LogP contribution is -1.98. The molecule has 3 heterocycles. The van der Waals surface area contributed by atoms with Gasteiger partial charge in [-0.15, -0.1) is 0 Å². The van der Waals surface area contributed by atoms with Gasteiger partial charge in [-0.3, -0.25) is 4.68 Å². The SMILES string of the molecule is Cc1cc(Sc2nc(N)nc3nc[nH]c23)n(C)n1. The maximum Gasteiger partial charge on any atom is 0.223 e. The number of hydrogen-bond donors (Lipinski definition) is 2. The van der Waals surface area contributed by atoms with Gasteiger partial charge < -0.3 is 10.7 Å². The number of nitrogens with two attached hydrogens (primary N) is 1. The number of aromatic amines is 1. The predicted octanol–water partition coefficient (Wildman–Crippen LogP) is 1.13. The second-order valence-corrected chi connectivity index (χ2v) is 4.85. The third-order valence-corrected chi connectivity index (χ3v) is 3.51. The zero-order valence-electron chi connectivity index (χ0n) is 9.88. The fourth-order valence-corrected chi connectivity index (χ4v) is 2.67. The van der Waals surface area contributed by atoms with Crippen molar-refractivity contribution >= 4 is 28.9 Å². The van der Waals surface area contributed by atoms with Gasteiger partial charge in [0, 0.05) is 7.05 Å². The number of anilines is 1. The van der Waals surface area contributed by atoms with Crippen molar-refractivity contribution in [3.05, 3.63) is 18.1 Å². The molecule has 92 valence electrons. The summed E-state index contributed by atoms with van der Waals surface area (Å²) in [6.07, 6.45) is 1.58. The summed E-state index contributed by atoms with van der Waals surface area (Å²) in [4.78, 5) is 15.4. The number of H-pyrrole nitrogens is 1. The molecular formula is C10H11N7S. The molecule has 0 bridgehead atoms. The first kappa shape index (κ1) is 11.0. The Hall–Kier alpha value is -2.09. The average Bonchev–Trinajstić information content (AvgIpc) is 2.86. The number of hydrogen-bond acceptors (Lipinski definition) is 6. The maximum atomic E-state index is 5.67. The minimum atomic E-state index is 0.219. The molecule has 7 nitrogen and oxygen atoms in total. The molecule has 0 aliphatic rings. The van der Waals surface area contributed by atoms with E-state index < -0.39 is 0 Å². The molecule has 0 radical (unpaired) electrons. The molecule has 0 aromatic carbocycles. The lowest BCUT2D eigenvalue weighted by Gasteiger charge is -2.02. The highest BCUT2D eigenvalue weighted by molar-refractivity contribution is 7.99. The van der Waals surface area contributed by atoms with Crippen LogP contribution < -0.4 is 5.73 Å². The second kappa shape index (κ2) is 3.98. The number of nitrogens with zero attached hydrogens (tertiary/aromatic N) is 5. The number of aryl methyl sites for hydroxylation is 2. The fraction of sp³-hybridized carbons (Fsp3) is 0.200. The van der Waals surface area contributed by atoms with E-state index in [0.717, 1.165) is 21.3 Å². The number of nitrogens with one attached hydrogen (secondary N) is 1. The van der Waals surface area contributed by atoms with E-state index in [1.165, 1.54) is 11.8 Å². The Labute approximate surface area is 107 Å². The number of nitrogen functional groups attached to an aromatic ring is 1. The molecule has 0 saturated heterocycles. The van der Waals surface area contributed by atoms with Crippen molar-refractivity contribution in [1.29, 1.82) is 0 Å². The van der Waals surface area contributed by atoms with Crippen LogP contribution in [0.2, 0.25) is 0 Å². The van der Waals surface area contributed by atoms with Gasteiger partial charge in [0.2, 0.25) is 5.95 Å². The Kier molecular flexibility index (Phi) is 2.44. The van der Waals surface area contributed by atoms with Crippen molar-refractivity contribution in [3.63, 3.8) is 0 Å². The molecule has 0 unspecified atom stereocenters. The smallest absolute Gasteiger partial charge is 0.223 e. The van der Waals surface area contributed by atoms with E-state index >= 15 is 0 Å². The van der Waals surface area contributed by atoms with Crippen LogP contribution in [0.5, 0.6) is 0 Å². The molecule has 3 rings (SSSR count). The van der Waals surface area contributed by atoms with Gasteiger partial charge in [-0.05, 0) is 24.8 Å². The van der Waals surface area contributed by atoms with Gasteiger partial charge in [0.15, 0.2) is 5.65 Å². The van der Waals surface area contributed by atoms with Crippen molar-refractivity contribution in [3.8, 4) is 0 Å². The quantitative estimate of drug-likeness (QED) is 0.671. The zero-order chi connectivity index (χ0) is 12.7. The average molecular weight is 261 g/mol. The van der Waals surface area contributed by atoms with Crippen LogP contribution in [0.1, 0.15) is 5.69 Å². The molecule has 0 spiro atoms. The lowest BCUT2D eigenvalue weighted by atomic mass is 10.5. The van der Waals surface area contributed by atoms with Gasteiger partial charge in [-0.1, -0.05) is 0 Å². The Morgan fingerprint density at radius 3 is 2.94 bits per heavy atom. The monoisotopic (exact) mass is 261 g/mol. The molecule has 0 saturated carbocycles. The van der Waals surface area contributed by atoms with Crippen molar-refractivity contribution in [1.82, 2.24) is 29.7 Å². The molecular weight excluding hydrogens is 250 g/mol. The summed E-state index contributed by atoms with van der Waals surface area (Å²) in [5.41, 5.74) is 7.99. The summed E-state index contributed by atoms with van der Waals surface area (Å²) in [6, 6.07) is 1.99. The first-order valence-electron chi connectivity index (χ1n) is 5.28. The Morgan fingerprint density at radius 1 is 1.39 bits per heavy atom. The van der Waals surface area contributed by atoms with Crippen LogP contribution in [0.25, 0.3) is 11.2 Å². The maximum absolute atomic E-state index is 5.67. The third kappa shape index (κ3) is 1.80.